The highest BCUT2D eigenvalue weighted by Crippen LogP contribution is 2.41. The van der Waals surface area contributed by atoms with E-state index in [0.717, 1.165) is 26.1 Å². The maximum Gasteiger partial charge on any atom is 0.312 e. The highest BCUT2D eigenvalue weighted by Gasteiger charge is 2.61. The van der Waals surface area contributed by atoms with Crippen LogP contribution in [0.15, 0.2) is 0 Å². The molecule has 78 valence electrons. The van der Waals surface area contributed by atoms with Crippen LogP contribution in [0, 0.1) is 5.41 Å². The van der Waals surface area contributed by atoms with Crippen LogP contribution < -0.4 is 16.0 Å². The highest BCUT2D eigenvalue weighted by molar-refractivity contribution is 5.78. The van der Waals surface area contributed by atoms with Crippen LogP contribution in [0.5, 0.6) is 0 Å². The molecule has 0 saturated carbocycles. The normalized spacial score (nSPS) is 42.7. The summed E-state index contributed by atoms with van der Waals surface area (Å²) in [6.07, 6.45) is 0.762. The van der Waals surface area contributed by atoms with E-state index in [-0.39, 0.29) is 12.1 Å². The van der Waals surface area contributed by atoms with Gasteiger partial charge in [-0.2, -0.15) is 0 Å². The summed E-state index contributed by atoms with van der Waals surface area (Å²) < 4.78 is 0. The van der Waals surface area contributed by atoms with Crippen molar-refractivity contribution in [3.8, 4) is 0 Å². The molecule has 3 heterocycles. The second kappa shape index (κ2) is 2.68. The Labute approximate surface area is 82.2 Å². The van der Waals surface area contributed by atoms with E-state index in [1.807, 2.05) is 0 Å². The van der Waals surface area contributed by atoms with Crippen molar-refractivity contribution in [2.45, 2.75) is 24.5 Å². The number of carbonyl (C=O) groups is 1. The van der Waals surface area contributed by atoms with Crippen LogP contribution in [0.1, 0.15) is 6.42 Å². The molecule has 3 unspecified atom stereocenters. The van der Waals surface area contributed by atoms with E-state index < -0.39 is 11.4 Å². The van der Waals surface area contributed by atoms with Gasteiger partial charge >= 0.3 is 5.97 Å². The van der Waals surface area contributed by atoms with Gasteiger partial charge < -0.3 is 21.1 Å². The van der Waals surface area contributed by atoms with Gasteiger partial charge in [-0.15, -0.1) is 0 Å². The molecule has 3 aliphatic heterocycles. The van der Waals surface area contributed by atoms with E-state index in [2.05, 4.69) is 16.0 Å². The number of carboxylic acid groups (broad SMARTS) is 1. The Morgan fingerprint density at radius 1 is 1.21 bits per heavy atom. The molecule has 5 nitrogen and oxygen atoms in total. The van der Waals surface area contributed by atoms with Crippen LogP contribution in [0.2, 0.25) is 0 Å². The van der Waals surface area contributed by atoms with Crippen molar-refractivity contribution in [1.82, 2.24) is 16.0 Å². The van der Waals surface area contributed by atoms with Gasteiger partial charge in [-0.05, 0) is 6.42 Å². The van der Waals surface area contributed by atoms with Gasteiger partial charge in [0.2, 0.25) is 0 Å². The molecule has 3 aliphatic rings. The third kappa shape index (κ3) is 1.24. The first-order valence-corrected chi connectivity index (χ1v) is 5.17. The number of hydrogen-bond donors (Lipinski definition) is 4. The van der Waals surface area contributed by atoms with Crippen LogP contribution in [-0.2, 0) is 4.79 Å². The SMILES string of the molecule is O=C(O)C(CC1CN1)(C1CN1)C1CN1. The van der Waals surface area contributed by atoms with Crippen LogP contribution in [-0.4, -0.2) is 48.8 Å². The lowest BCUT2D eigenvalue weighted by atomic mass is 9.76. The third-order valence-electron chi connectivity index (χ3n) is 3.54. The van der Waals surface area contributed by atoms with Gasteiger partial charge in [-0.1, -0.05) is 0 Å². The molecule has 3 atom stereocenters. The molecule has 0 aliphatic carbocycles. The molecule has 3 saturated heterocycles. The van der Waals surface area contributed by atoms with Crippen molar-refractivity contribution in [1.29, 1.82) is 0 Å². The first-order valence-electron chi connectivity index (χ1n) is 5.17. The van der Waals surface area contributed by atoms with Gasteiger partial charge in [0, 0.05) is 37.8 Å². The van der Waals surface area contributed by atoms with Crippen molar-refractivity contribution < 1.29 is 9.90 Å². The van der Waals surface area contributed by atoms with Crippen LogP contribution in [0.25, 0.3) is 0 Å². The minimum absolute atomic E-state index is 0.183. The fourth-order valence-electron chi connectivity index (χ4n) is 2.39. The fraction of sp³-hybridized carbons (Fsp3) is 0.889. The zero-order valence-electron chi connectivity index (χ0n) is 7.92. The Bertz CT molecular complexity index is 257. The monoisotopic (exact) mass is 197 g/mol. The summed E-state index contributed by atoms with van der Waals surface area (Å²) in [4.78, 5) is 11.4. The van der Waals surface area contributed by atoms with Crippen molar-refractivity contribution in [2.75, 3.05) is 19.6 Å². The molecule has 0 amide bonds. The van der Waals surface area contributed by atoms with Gasteiger partial charge in [0.15, 0.2) is 0 Å². The topological polar surface area (TPSA) is 103 Å². The van der Waals surface area contributed by atoms with Crippen LogP contribution >= 0.6 is 0 Å². The average Bonchev–Trinajstić information content (AvgIpc) is 2.99. The Morgan fingerprint density at radius 3 is 2.00 bits per heavy atom. The Balaban J connectivity index is 1.83. The average molecular weight is 197 g/mol. The van der Waals surface area contributed by atoms with Gasteiger partial charge in [0.25, 0.3) is 0 Å². The molecule has 3 rings (SSSR count). The molecule has 0 aromatic carbocycles. The minimum Gasteiger partial charge on any atom is -0.481 e. The van der Waals surface area contributed by atoms with E-state index >= 15 is 0 Å². The molecule has 0 bridgehead atoms. The molecule has 5 heteroatoms. The van der Waals surface area contributed by atoms with Crippen molar-refractivity contribution in [3.05, 3.63) is 0 Å². The smallest absolute Gasteiger partial charge is 0.312 e. The van der Waals surface area contributed by atoms with E-state index in [1.165, 1.54) is 0 Å². The second-order valence-corrected chi connectivity index (χ2v) is 4.58. The molecule has 0 spiro atoms. The zero-order chi connectivity index (χ0) is 9.76. The van der Waals surface area contributed by atoms with Gasteiger partial charge in [-0.3, -0.25) is 4.79 Å². The van der Waals surface area contributed by atoms with Gasteiger partial charge in [-0.25, -0.2) is 0 Å². The van der Waals surface area contributed by atoms with E-state index in [0.29, 0.717) is 6.04 Å². The molecule has 14 heavy (non-hydrogen) atoms. The second-order valence-electron chi connectivity index (χ2n) is 4.58. The number of carboxylic acids is 1. The molecule has 0 aromatic rings. The largest absolute Gasteiger partial charge is 0.481 e. The molecular weight excluding hydrogens is 182 g/mol. The summed E-state index contributed by atoms with van der Waals surface area (Å²) in [5, 5.41) is 18.9. The van der Waals surface area contributed by atoms with Crippen LogP contribution in [0.3, 0.4) is 0 Å². The van der Waals surface area contributed by atoms with Crippen LogP contribution in [0.4, 0.5) is 0 Å². The Morgan fingerprint density at radius 2 is 1.71 bits per heavy atom. The fourth-order valence-corrected chi connectivity index (χ4v) is 2.39. The number of aliphatic carboxylic acids is 1. The molecule has 0 radical (unpaired) electrons. The number of nitrogens with one attached hydrogen (secondary N) is 3. The van der Waals surface area contributed by atoms with Gasteiger partial charge in [0.1, 0.15) is 5.41 Å². The van der Waals surface area contributed by atoms with Gasteiger partial charge in [0.05, 0.1) is 0 Å². The molecule has 0 aromatic heterocycles. The lowest BCUT2D eigenvalue weighted by Crippen LogP contribution is -2.45. The first-order chi connectivity index (χ1) is 6.73. The molecule has 4 N–H and O–H groups in total. The van der Waals surface area contributed by atoms with E-state index in [4.69, 9.17) is 0 Å². The zero-order valence-corrected chi connectivity index (χ0v) is 7.92. The lowest BCUT2D eigenvalue weighted by molar-refractivity contribution is -0.149. The summed E-state index contributed by atoms with van der Waals surface area (Å²) in [6.45, 7) is 2.70. The Kier molecular flexibility index (Phi) is 1.66. The molecular formula is C9H15N3O2. The summed E-state index contributed by atoms with van der Waals surface area (Å²) in [6, 6.07) is 0.792. The van der Waals surface area contributed by atoms with Crippen molar-refractivity contribution in [3.63, 3.8) is 0 Å². The highest BCUT2D eigenvalue weighted by atomic mass is 16.4. The van der Waals surface area contributed by atoms with E-state index in [9.17, 15) is 9.90 Å². The standard InChI is InChI=1S/C9H15N3O2/c13-8(14)9(6-3-11-6,7-4-12-7)1-5-2-10-5/h5-7,10-12H,1-4H2,(H,13,14). The first kappa shape index (κ1) is 8.64. The summed E-state index contributed by atoms with van der Waals surface area (Å²) >= 11 is 0. The lowest BCUT2D eigenvalue weighted by Gasteiger charge is -2.27. The summed E-state index contributed by atoms with van der Waals surface area (Å²) in [7, 11) is 0. The maximum atomic E-state index is 11.4. The quantitative estimate of drug-likeness (QED) is 0.396. The maximum absolute atomic E-state index is 11.4. The third-order valence-corrected chi connectivity index (χ3v) is 3.54. The number of hydrogen-bond acceptors (Lipinski definition) is 4. The Hall–Kier alpha value is -0.650. The summed E-state index contributed by atoms with van der Waals surface area (Å²) in [5.41, 5.74) is -0.561. The molecule has 3 fully saturated rings. The van der Waals surface area contributed by atoms with E-state index in [1.54, 1.807) is 0 Å². The predicted octanol–water partition coefficient (Wildman–Crippen LogP) is -1.64. The predicted molar refractivity (Wildman–Crippen MR) is 50.1 cm³/mol. The van der Waals surface area contributed by atoms with Crippen molar-refractivity contribution >= 4 is 5.97 Å². The van der Waals surface area contributed by atoms with Crippen molar-refractivity contribution in [2.24, 2.45) is 5.41 Å². The summed E-state index contributed by atoms with van der Waals surface area (Å²) in [5.74, 6) is -0.642. The number of rotatable bonds is 5. The minimum atomic E-state index is -0.642.